The number of anilines is 1. The summed E-state index contributed by atoms with van der Waals surface area (Å²) in [4.78, 5) is 30.6. The molecule has 0 radical (unpaired) electrons. The van der Waals surface area contributed by atoms with Crippen LogP contribution in [0.25, 0.3) is 11.5 Å². The van der Waals surface area contributed by atoms with Gasteiger partial charge in [0.1, 0.15) is 11.5 Å². The van der Waals surface area contributed by atoms with E-state index in [2.05, 4.69) is 10.3 Å². The van der Waals surface area contributed by atoms with Crippen molar-refractivity contribution >= 4 is 11.7 Å². The summed E-state index contributed by atoms with van der Waals surface area (Å²) in [7, 11) is 3.96. The van der Waals surface area contributed by atoms with Crippen molar-refractivity contribution in [2.45, 2.75) is 25.5 Å². The lowest BCUT2D eigenvalue weighted by Gasteiger charge is -2.32. The number of rotatable bonds is 4. The van der Waals surface area contributed by atoms with Crippen LogP contribution >= 0.6 is 0 Å². The summed E-state index contributed by atoms with van der Waals surface area (Å²) < 4.78 is 5.69. The normalized spacial score (nSPS) is 19.2. The fraction of sp³-hybridized carbons (Fsp3) is 0.500. The van der Waals surface area contributed by atoms with Crippen molar-refractivity contribution in [3.63, 3.8) is 0 Å². The van der Waals surface area contributed by atoms with E-state index in [1.165, 1.54) is 0 Å². The Morgan fingerprint density at radius 2 is 2.25 bits per heavy atom. The molecule has 1 amide bonds. The van der Waals surface area contributed by atoms with Gasteiger partial charge in [-0.2, -0.15) is 0 Å². The van der Waals surface area contributed by atoms with Crippen molar-refractivity contribution in [2.75, 3.05) is 45.2 Å². The molecule has 2 aromatic rings. The molecule has 0 saturated carbocycles. The Hall–Kier alpha value is -2.58. The number of nitrogens with zero attached hydrogens (tertiary/aromatic N) is 5. The van der Waals surface area contributed by atoms with E-state index in [4.69, 9.17) is 14.7 Å². The summed E-state index contributed by atoms with van der Waals surface area (Å²) in [5, 5.41) is 3.28. The summed E-state index contributed by atoms with van der Waals surface area (Å²) in [6.07, 6.45) is 2.85. The molecule has 1 atom stereocenters. The van der Waals surface area contributed by atoms with Gasteiger partial charge in [0.25, 0.3) is 0 Å². The van der Waals surface area contributed by atoms with Gasteiger partial charge in [0, 0.05) is 45.5 Å². The topological polar surface area (TPSA) is 83.5 Å². The number of ether oxygens (including phenoxy) is 1. The second kappa shape index (κ2) is 8.20. The van der Waals surface area contributed by atoms with E-state index in [1.807, 2.05) is 42.1 Å². The SMILES string of the molecule is CN(C)c1nc(-c2ccccn2)nc2c1CCN(C(=O)C[C@H]1CNCCO1)C2. The van der Waals surface area contributed by atoms with Gasteiger partial charge in [-0.1, -0.05) is 6.07 Å². The van der Waals surface area contributed by atoms with E-state index in [-0.39, 0.29) is 12.0 Å². The molecule has 2 aliphatic heterocycles. The number of carbonyl (C=O) groups is 1. The van der Waals surface area contributed by atoms with Crippen LogP contribution in [0.5, 0.6) is 0 Å². The molecule has 4 rings (SSSR count). The highest BCUT2D eigenvalue weighted by Crippen LogP contribution is 2.28. The maximum atomic E-state index is 12.8. The first-order valence-electron chi connectivity index (χ1n) is 9.70. The predicted molar refractivity (Wildman–Crippen MR) is 106 cm³/mol. The molecule has 0 unspecified atom stereocenters. The molecule has 0 aromatic carbocycles. The highest BCUT2D eigenvalue weighted by atomic mass is 16.5. The average molecular weight is 382 g/mol. The van der Waals surface area contributed by atoms with Crippen LogP contribution in [0.2, 0.25) is 0 Å². The van der Waals surface area contributed by atoms with Crippen LogP contribution in [0.4, 0.5) is 5.82 Å². The Bertz CT molecular complexity index is 836. The molecule has 1 fully saturated rings. The smallest absolute Gasteiger partial charge is 0.225 e. The molecule has 1 saturated heterocycles. The monoisotopic (exact) mass is 382 g/mol. The zero-order valence-corrected chi connectivity index (χ0v) is 16.4. The van der Waals surface area contributed by atoms with Crippen molar-refractivity contribution in [3.8, 4) is 11.5 Å². The zero-order chi connectivity index (χ0) is 19.5. The molecular formula is C20H26N6O2. The lowest BCUT2D eigenvalue weighted by atomic mass is 10.0. The van der Waals surface area contributed by atoms with Crippen molar-refractivity contribution < 1.29 is 9.53 Å². The van der Waals surface area contributed by atoms with Crippen LogP contribution in [0.3, 0.4) is 0 Å². The van der Waals surface area contributed by atoms with Crippen LogP contribution in [0.15, 0.2) is 24.4 Å². The number of pyridine rings is 1. The predicted octanol–water partition coefficient (Wildman–Crippen LogP) is 0.868. The van der Waals surface area contributed by atoms with Gasteiger partial charge in [-0.25, -0.2) is 9.97 Å². The van der Waals surface area contributed by atoms with Gasteiger partial charge >= 0.3 is 0 Å². The van der Waals surface area contributed by atoms with Crippen LogP contribution < -0.4 is 10.2 Å². The summed E-state index contributed by atoms with van der Waals surface area (Å²) in [5.41, 5.74) is 2.75. The van der Waals surface area contributed by atoms with Crippen molar-refractivity contribution in [1.29, 1.82) is 0 Å². The zero-order valence-electron chi connectivity index (χ0n) is 16.4. The number of hydrogen-bond acceptors (Lipinski definition) is 7. The minimum atomic E-state index is -0.0468. The van der Waals surface area contributed by atoms with Crippen molar-refractivity contribution in [1.82, 2.24) is 25.2 Å². The van der Waals surface area contributed by atoms with Crippen LogP contribution in [-0.4, -0.2) is 72.2 Å². The first-order chi connectivity index (χ1) is 13.6. The van der Waals surface area contributed by atoms with E-state index in [9.17, 15) is 4.79 Å². The fourth-order valence-corrected chi connectivity index (χ4v) is 3.68. The minimum Gasteiger partial charge on any atom is -0.375 e. The fourth-order valence-electron chi connectivity index (χ4n) is 3.68. The standard InChI is InChI=1S/C20H26N6O2/c1-25(2)20-15-6-9-26(18(27)11-14-12-21-8-10-28-14)13-17(15)23-19(24-20)16-5-3-4-7-22-16/h3-5,7,14,21H,6,8-13H2,1-2H3/t14-/m0/s1. The number of morpholine rings is 1. The lowest BCUT2D eigenvalue weighted by molar-refractivity contribution is -0.135. The summed E-state index contributed by atoms with van der Waals surface area (Å²) in [6.45, 7) is 3.42. The minimum absolute atomic E-state index is 0.0468. The number of fused-ring (bicyclic) bond motifs is 1. The quantitative estimate of drug-likeness (QED) is 0.840. The van der Waals surface area contributed by atoms with E-state index in [1.54, 1.807) is 6.20 Å². The molecule has 4 heterocycles. The van der Waals surface area contributed by atoms with Gasteiger partial charge in [-0.3, -0.25) is 9.78 Å². The van der Waals surface area contributed by atoms with Gasteiger partial charge in [-0.05, 0) is 18.6 Å². The molecule has 0 spiro atoms. The first-order valence-corrected chi connectivity index (χ1v) is 9.70. The third kappa shape index (κ3) is 3.98. The molecule has 8 heteroatoms. The second-order valence-electron chi connectivity index (χ2n) is 7.37. The summed E-state index contributed by atoms with van der Waals surface area (Å²) in [6, 6.07) is 5.70. The third-order valence-corrected chi connectivity index (χ3v) is 5.12. The summed E-state index contributed by atoms with van der Waals surface area (Å²) in [5.74, 6) is 1.61. The van der Waals surface area contributed by atoms with Crippen LogP contribution in [0, 0.1) is 0 Å². The molecular weight excluding hydrogens is 356 g/mol. The third-order valence-electron chi connectivity index (χ3n) is 5.12. The number of hydrogen-bond donors (Lipinski definition) is 1. The molecule has 1 N–H and O–H groups in total. The average Bonchev–Trinajstić information content (AvgIpc) is 2.73. The Morgan fingerprint density at radius 3 is 2.96 bits per heavy atom. The van der Waals surface area contributed by atoms with E-state index in [0.29, 0.717) is 31.9 Å². The Morgan fingerprint density at radius 1 is 1.36 bits per heavy atom. The Kier molecular flexibility index (Phi) is 5.50. The second-order valence-corrected chi connectivity index (χ2v) is 7.37. The maximum Gasteiger partial charge on any atom is 0.225 e. The van der Waals surface area contributed by atoms with Crippen LogP contribution in [-0.2, 0) is 22.5 Å². The molecule has 0 aliphatic carbocycles. The molecule has 0 bridgehead atoms. The highest BCUT2D eigenvalue weighted by Gasteiger charge is 2.28. The van der Waals surface area contributed by atoms with Gasteiger partial charge in [0.2, 0.25) is 5.91 Å². The van der Waals surface area contributed by atoms with Gasteiger partial charge in [-0.15, -0.1) is 0 Å². The largest absolute Gasteiger partial charge is 0.375 e. The highest BCUT2D eigenvalue weighted by molar-refractivity contribution is 5.77. The van der Waals surface area contributed by atoms with Crippen molar-refractivity contribution in [3.05, 3.63) is 35.7 Å². The van der Waals surface area contributed by atoms with Gasteiger partial charge in [0.15, 0.2) is 5.82 Å². The van der Waals surface area contributed by atoms with Gasteiger partial charge < -0.3 is 19.9 Å². The number of amides is 1. The molecule has 2 aliphatic rings. The van der Waals surface area contributed by atoms with E-state index >= 15 is 0 Å². The molecule has 28 heavy (non-hydrogen) atoms. The summed E-state index contributed by atoms with van der Waals surface area (Å²) >= 11 is 0. The Labute approximate surface area is 164 Å². The maximum absolute atomic E-state index is 12.8. The molecule has 148 valence electrons. The lowest BCUT2D eigenvalue weighted by Crippen LogP contribution is -2.44. The first kappa shape index (κ1) is 18.8. The van der Waals surface area contributed by atoms with E-state index < -0.39 is 0 Å². The van der Waals surface area contributed by atoms with Crippen LogP contribution in [0.1, 0.15) is 17.7 Å². The van der Waals surface area contributed by atoms with Crippen molar-refractivity contribution in [2.24, 2.45) is 0 Å². The van der Waals surface area contributed by atoms with Gasteiger partial charge in [0.05, 0.1) is 31.4 Å². The number of carbonyl (C=O) groups excluding carboxylic acids is 1. The number of aromatic nitrogens is 3. The number of nitrogens with one attached hydrogen (secondary N) is 1. The van der Waals surface area contributed by atoms with E-state index in [0.717, 1.165) is 42.3 Å². The molecule has 2 aromatic heterocycles. The molecule has 8 nitrogen and oxygen atoms in total. The Balaban J connectivity index is 1.58.